The highest BCUT2D eigenvalue weighted by molar-refractivity contribution is 5.23. The fourth-order valence-corrected chi connectivity index (χ4v) is 1.82. The second kappa shape index (κ2) is 5.12. The minimum Gasteiger partial charge on any atom is -0.490 e. The molecule has 0 aliphatic carbocycles. The molecule has 82 valence electrons. The molecule has 0 unspecified atom stereocenters. The number of rotatable bonds is 3. The van der Waals surface area contributed by atoms with E-state index in [1.54, 1.807) is 18.2 Å². The summed E-state index contributed by atoms with van der Waals surface area (Å²) in [6, 6.07) is 6.57. The van der Waals surface area contributed by atoms with E-state index in [1.165, 1.54) is 6.07 Å². The molecule has 1 heterocycles. The van der Waals surface area contributed by atoms with Gasteiger partial charge in [-0.3, -0.25) is 0 Å². The molecule has 1 N–H and O–H groups in total. The molecule has 0 radical (unpaired) electrons. The lowest BCUT2D eigenvalue weighted by Crippen LogP contribution is -2.30. The zero-order valence-corrected chi connectivity index (χ0v) is 8.71. The predicted octanol–water partition coefficient (Wildman–Crippen LogP) is 2.20. The van der Waals surface area contributed by atoms with Crippen LogP contribution in [0.25, 0.3) is 0 Å². The highest BCUT2D eigenvalue weighted by atomic mass is 19.1. The summed E-state index contributed by atoms with van der Waals surface area (Å²) >= 11 is 0. The molecular weight excluding hydrogens is 193 g/mol. The molecule has 0 atom stereocenters. The zero-order valence-electron chi connectivity index (χ0n) is 8.71. The summed E-state index contributed by atoms with van der Waals surface area (Å²) in [5.41, 5.74) is 0. The average molecular weight is 209 g/mol. The van der Waals surface area contributed by atoms with Crippen LogP contribution in [-0.2, 0) is 0 Å². The first kappa shape index (κ1) is 10.4. The molecule has 0 amide bonds. The van der Waals surface area contributed by atoms with Gasteiger partial charge >= 0.3 is 0 Å². The van der Waals surface area contributed by atoms with Crippen molar-refractivity contribution in [1.29, 1.82) is 0 Å². The van der Waals surface area contributed by atoms with Gasteiger partial charge in [0.15, 0.2) is 11.6 Å². The van der Waals surface area contributed by atoms with E-state index in [0.717, 1.165) is 25.9 Å². The molecule has 1 fully saturated rings. The molecule has 1 aliphatic heterocycles. The van der Waals surface area contributed by atoms with E-state index >= 15 is 0 Å². The quantitative estimate of drug-likeness (QED) is 0.824. The number of benzene rings is 1. The van der Waals surface area contributed by atoms with Crippen LogP contribution in [0.3, 0.4) is 0 Å². The molecular formula is C12H16FNO. The van der Waals surface area contributed by atoms with Crippen molar-refractivity contribution >= 4 is 0 Å². The molecule has 0 bridgehead atoms. The second-order valence-electron chi connectivity index (χ2n) is 3.93. The SMILES string of the molecule is Fc1ccccc1OCC1CCNCC1. The number of para-hydroxylation sites is 1. The number of piperidine rings is 1. The van der Waals surface area contributed by atoms with Gasteiger partial charge in [0, 0.05) is 0 Å². The van der Waals surface area contributed by atoms with Crippen molar-refractivity contribution < 1.29 is 9.13 Å². The summed E-state index contributed by atoms with van der Waals surface area (Å²) in [5, 5.41) is 3.29. The largest absolute Gasteiger partial charge is 0.490 e. The van der Waals surface area contributed by atoms with E-state index in [4.69, 9.17) is 4.74 Å². The average Bonchev–Trinajstić information content (AvgIpc) is 2.29. The number of halogens is 1. The third-order valence-electron chi connectivity index (χ3n) is 2.77. The van der Waals surface area contributed by atoms with Crippen LogP contribution in [-0.4, -0.2) is 19.7 Å². The van der Waals surface area contributed by atoms with Gasteiger partial charge in [-0.25, -0.2) is 4.39 Å². The molecule has 1 saturated heterocycles. The Morgan fingerprint density at radius 1 is 1.27 bits per heavy atom. The maximum Gasteiger partial charge on any atom is 0.165 e. The summed E-state index contributed by atoms with van der Waals surface area (Å²) in [6.07, 6.45) is 2.24. The van der Waals surface area contributed by atoms with Gasteiger partial charge < -0.3 is 10.1 Å². The Morgan fingerprint density at radius 2 is 2.00 bits per heavy atom. The van der Waals surface area contributed by atoms with E-state index in [1.807, 2.05) is 0 Å². The topological polar surface area (TPSA) is 21.3 Å². The van der Waals surface area contributed by atoms with E-state index in [-0.39, 0.29) is 5.82 Å². The molecule has 0 spiro atoms. The van der Waals surface area contributed by atoms with Crippen LogP contribution in [0.2, 0.25) is 0 Å². The lowest BCUT2D eigenvalue weighted by molar-refractivity contribution is 0.208. The molecule has 3 heteroatoms. The van der Waals surface area contributed by atoms with Crippen molar-refractivity contribution in [1.82, 2.24) is 5.32 Å². The standard InChI is InChI=1S/C12H16FNO/c13-11-3-1-2-4-12(11)15-9-10-5-7-14-8-6-10/h1-4,10,14H,5-9H2. The second-order valence-corrected chi connectivity index (χ2v) is 3.93. The molecule has 0 aromatic heterocycles. The summed E-state index contributed by atoms with van der Waals surface area (Å²) in [4.78, 5) is 0. The Kier molecular flexibility index (Phi) is 3.56. The van der Waals surface area contributed by atoms with E-state index < -0.39 is 0 Å². The summed E-state index contributed by atoms with van der Waals surface area (Å²) in [7, 11) is 0. The highest BCUT2D eigenvalue weighted by Gasteiger charge is 2.14. The zero-order chi connectivity index (χ0) is 10.5. The minimum atomic E-state index is -0.272. The lowest BCUT2D eigenvalue weighted by atomic mass is 9.99. The first-order valence-corrected chi connectivity index (χ1v) is 5.44. The summed E-state index contributed by atoms with van der Waals surface area (Å²) < 4.78 is 18.7. The fraction of sp³-hybridized carbons (Fsp3) is 0.500. The maximum atomic E-state index is 13.2. The highest BCUT2D eigenvalue weighted by Crippen LogP contribution is 2.18. The maximum absolute atomic E-state index is 13.2. The summed E-state index contributed by atoms with van der Waals surface area (Å²) in [6.45, 7) is 2.72. The normalized spacial score (nSPS) is 17.7. The van der Waals surface area contributed by atoms with Gasteiger partial charge in [-0.15, -0.1) is 0 Å². The Hall–Kier alpha value is -1.09. The number of ether oxygens (including phenoxy) is 1. The fourth-order valence-electron chi connectivity index (χ4n) is 1.82. The Labute approximate surface area is 89.4 Å². The van der Waals surface area contributed by atoms with E-state index in [0.29, 0.717) is 18.3 Å². The molecule has 1 aromatic carbocycles. The molecule has 1 aromatic rings. The van der Waals surface area contributed by atoms with Crippen LogP contribution in [0.15, 0.2) is 24.3 Å². The molecule has 1 aliphatic rings. The van der Waals surface area contributed by atoms with Gasteiger partial charge in [-0.2, -0.15) is 0 Å². The molecule has 2 nitrogen and oxygen atoms in total. The van der Waals surface area contributed by atoms with Crippen LogP contribution < -0.4 is 10.1 Å². The number of nitrogens with one attached hydrogen (secondary N) is 1. The third-order valence-corrected chi connectivity index (χ3v) is 2.77. The predicted molar refractivity (Wildman–Crippen MR) is 57.5 cm³/mol. The van der Waals surface area contributed by atoms with E-state index in [2.05, 4.69) is 5.32 Å². The van der Waals surface area contributed by atoms with Crippen molar-refractivity contribution in [2.45, 2.75) is 12.8 Å². The van der Waals surface area contributed by atoms with E-state index in [9.17, 15) is 4.39 Å². The Bertz CT molecular complexity index is 310. The number of hydrogen-bond donors (Lipinski definition) is 1. The Balaban J connectivity index is 1.84. The minimum absolute atomic E-state index is 0.272. The van der Waals surface area contributed by atoms with Gasteiger partial charge in [0.2, 0.25) is 0 Å². The van der Waals surface area contributed by atoms with Gasteiger partial charge in [0.05, 0.1) is 6.61 Å². The van der Waals surface area contributed by atoms with Crippen molar-refractivity contribution in [2.24, 2.45) is 5.92 Å². The molecule has 15 heavy (non-hydrogen) atoms. The molecule has 2 rings (SSSR count). The van der Waals surface area contributed by atoms with Crippen LogP contribution in [0, 0.1) is 11.7 Å². The van der Waals surface area contributed by atoms with Gasteiger partial charge in [-0.1, -0.05) is 12.1 Å². The van der Waals surface area contributed by atoms with Crippen LogP contribution in [0.1, 0.15) is 12.8 Å². The van der Waals surface area contributed by atoms with Gasteiger partial charge in [0.25, 0.3) is 0 Å². The number of hydrogen-bond acceptors (Lipinski definition) is 2. The van der Waals surface area contributed by atoms with Gasteiger partial charge in [-0.05, 0) is 44.0 Å². The van der Waals surface area contributed by atoms with Crippen molar-refractivity contribution in [2.75, 3.05) is 19.7 Å². The smallest absolute Gasteiger partial charge is 0.165 e. The van der Waals surface area contributed by atoms with Gasteiger partial charge in [0.1, 0.15) is 0 Å². The van der Waals surface area contributed by atoms with Crippen molar-refractivity contribution in [3.05, 3.63) is 30.1 Å². The Morgan fingerprint density at radius 3 is 2.73 bits per heavy atom. The first-order chi connectivity index (χ1) is 7.36. The monoisotopic (exact) mass is 209 g/mol. The first-order valence-electron chi connectivity index (χ1n) is 5.44. The van der Waals surface area contributed by atoms with Crippen LogP contribution in [0.4, 0.5) is 4.39 Å². The lowest BCUT2D eigenvalue weighted by Gasteiger charge is -2.22. The van der Waals surface area contributed by atoms with Crippen molar-refractivity contribution in [3.8, 4) is 5.75 Å². The third kappa shape index (κ3) is 2.93. The van der Waals surface area contributed by atoms with Crippen LogP contribution >= 0.6 is 0 Å². The molecule has 0 saturated carbocycles. The van der Waals surface area contributed by atoms with Crippen LogP contribution in [0.5, 0.6) is 5.75 Å². The van der Waals surface area contributed by atoms with Crippen molar-refractivity contribution in [3.63, 3.8) is 0 Å². The summed E-state index contributed by atoms with van der Waals surface area (Å²) in [5.74, 6) is 0.660.